The van der Waals surface area contributed by atoms with Crippen molar-refractivity contribution in [2.45, 2.75) is 44.6 Å². The van der Waals surface area contributed by atoms with E-state index in [1.165, 1.54) is 4.31 Å². The first-order chi connectivity index (χ1) is 8.26. The number of nitrogens with zero attached hydrogens (tertiary/aromatic N) is 1. The molecule has 0 unspecified atom stereocenters. The minimum atomic E-state index is -3.42. The first kappa shape index (κ1) is 13.4. The average Bonchev–Trinajstić information content (AvgIpc) is 3.08. The fourth-order valence-corrected chi connectivity index (χ4v) is 4.21. The molecule has 1 aromatic rings. The molecule has 1 saturated carbocycles. The highest BCUT2D eigenvalue weighted by Gasteiger charge is 2.36. The molecule has 100 valence electrons. The molecule has 4 nitrogen and oxygen atoms in total. The fraction of sp³-hybridized carbons (Fsp3) is 0.538. The molecule has 1 aliphatic rings. The van der Waals surface area contributed by atoms with Crippen LogP contribution in [-0.2, 0) is 10.0 Å². The van der Waals surface area contributed by atoms with Gasteiger partial charge in [0.15, 0.2) is 0 Å². The Morgan fingerprint density at radius 1 is 1.22 bits per heavy atom. The largest absolute Gasteiger partial charge is 0.398 e. The summed E-state index contributed by atoms with van der Waals surface area (Å²) >= 11 is 0. The lowest BCUT2D eigenvalue weighted by Crippen LogP contribution is -2.30. The lowest BCUT2D eigenvalue weighted by Gasteiger charge is -2.21. The Morgan fingerprint density at radius 3 is 2.28 bits per heavy atom. The van der Waals surface area contributed by atoms with Crippen molar-refractivity contribution in [3.8, 4) is 0 Å². The van der Waals surface area contributed by atoms with Gasteiger partial charge in [-0.3, -0.25) is 0 Å². The molecule has 0 aromatic heterocycles. The van der Waals surface area contributed by atoms with E-state index in [1.807, 2.05) is 19.9 Å². The lowest BCUT2D eigenvalue weighted by molar-refractivity contribution is 0.463. The molecule has 18 heavy (non-hydrogen) atoms. The predicted octanol–water partition coefficient (Wildman–Crippen LogP) is 1.98. The number of hydrogen-bond donors (Lipinski definition) is 1. The second kappa shape index (κ2) is 4.24. The number of sulfonamides is 1. The van der Waals surface area contributed by atoms with Gasteiger partial charge in [0.05, 0.1) is 4.90 Å². The number of aryl methyl sites for hydroxylation is 2. The Hall–Kier alpha value is -1.07. The third-order valence-electron chi connectivity index (χ3n) is 3.66. The van der Waals surface area contributed by atoms with Gasteiger partial charge in [0, 0.05) is 18.8 Å². The number of benzene rings is 1. The zero-order valence-electron chi connectivity index (χ0n) is 11.3. The van der Waals surface area contributed by atoms with Crippen LogP contribution in [0.1, 0.15) is 29.5 Å². The molecule has 1 fully saturated rings. The third-order valence-corrected chi connectivity index (χ3v) is 5.86. The maximum atomic E-state index is 12.6. The summed E-state index contributed by atoms with van der Waals surface area (Å²) in [4.78, 5) is 0.375. The number of hydrogen-bond acceptors (Lipinski definition) is 3. The van der Waals surface area contributed by atoms with Crippen molar-refractivity contribution < 1.29 is 8.42 Å². The standard InChI is InChI=1S/C13H20N2O2S/c1-8-7-9(2)13(10(3)12(8)14)18(16,17)15(4)11-5-6-11/h7,11H,5-6,14H2,1-4H3. The van der Waals surface area contributed by atoms with Gasteiger partial charge in [0.25, 0.3) is 0 Å². The molecule has 0 aliphatic heterocycles. The number of nitrogens with two attached hydrogens (primary N) is 1. The van der Waals surface area contributed by atoms with Crippen LogP contribution in [0.4, 0.5) is 5.69 Å². The van der Waals surface area contributed by atoms with Crippen LogP contribution in [0, 0.1) is 20.8 Å². The molecule has 0 amide bonds. The molecule has 2 rings (SSSR count). The first-order valence-corrected chi connectivity index (χ1v) is 7.55. The quantitative estimate of drug-likeness (QED) is 0.853. The molecule has 1 aromatic carbocycles. The molecular formula is C13H20N2O2S. The van der Waals surface area contributed by atoms with E-state index in [-0.39, 0.29) is 6.04 Å². The second-order valence-electron chi connectivity index (χ2n) is 5.13. The number of rotatable bonds is 3. The minimum absolute atomic E-state index is 0.163. The highest BCUT2D eigenvalue weighted by atomic mass is 32.2. The van der Waals surface area contributed by atoms with Gasteiger partial charge in [-0.1, -0.05) is 6.07 Å². The maximum absolute atomic E-state index is 12.6. The summed E-state index contributed by atoms with van der Waals surface area (Å²) in [5.41, 5.74) is 8.90. The molecule has 0 radical (unpaired) electrons. The van der Waals surface area contributed by atoms with Crippen molar-refractivity contribution in [3.63, 3.8) is 0 Å². The van der Waals surface area contributed by atoms with E-state index >= 15 is 0 Å². The minimum Gasteiger partial charge on any atom is -0.398 e. The summed E-state index contributed by atoms with van der Waals surface area (Å²) in [7, 11) is -1.77. The Morgan fingerprint density at radius 2 is 1.78 bits per heavy atom. The topological polar surface area (TPSA) is 63.4 Å². The fourth-order valence-electron chi connectivity index (χ4n) is 2.36. The Labute approximate surface area is 109 Å². The zero-order valence-corrected chi connectivity index (χ0v) is 12.1. The van der Waals surface area contributed by atoms with Gasteiger partial charge in [-0.25, -0.2) is 8.42 Å². The Balaban J connectivity index is 2.60. The van der Waals surface area contributed by atoms with Crippen molar-refractivity contribution in [2.24, 2.45) is 0 Å². The van der Waals surface area contributed by atoms with Gasteiger partial charge < -0.3 is 5.73 Å². The van der Waals surface area contributed by atoms with E-state index in [0.717, 1.165) is 24.0 Å². The lowest BCUT2D eigenvalue weighted by atomic mass is 10.1. The van der Waals surface area contributed by atoms with Gasteiger partial charge in [-0.15, -0.1) is 0 Å². The molecule has 5 heteroatoms. The van der Waals surface area contributed by atoms with Crippen LogP contribution in [0.3, 0.4) is 0 Å². The van der Waals surface area contributed by atoms with Crippen LogP contribution in [0.25, 0.3) is 0 Å². The van der Waals surface area contributed by atoms with Crippen molar-refractivity contribution in [1.29, 1.82) is 0 Å². The maximum Gasteiger partial charge on any atom is 0.243 e. The van der Waals surface area contributed by atoms with E-state index in [4.69, 9.17) is 5.73 Å². The third kappa shape index (κ3) is 2.01. The Bertz CT molecular complexity index is 589. The summed E-state index contributed by atoms with van der Waals surface area (Å²) < 4.78 is 26.7. The smallest absolute Gasteiger partial charge is 0.243 e. The number of nitrogen functional groups attached to an aromatic ring is 1. The van der Waals surface area contributed by atoms with Crippen molar-refractivity contribution in [1.82, 2.24) is 4.31 Å². The van der Waals surface area contributed by atoms with Crippen LogP contribution >= 0.6 is 0 Å². The highest BCUT2D eigenvalue weighted by Crippen LogP contribution is 2.35. The van der Waals surface area contributed by atoms with Crippen molar-refractivity contribution >= 4 is 15.7 Å². The van der Waals surface area contributed by atoms with Crippen LogP contribution in [-0.4, -0.2) is 25.8 Å². The van der Waals surface area contributed by atoms with E-state index in [9.17, 15) is 8.42 Å². The summed E-state index contributed by atoms with van der Waals surface area (Å²) in [5, 5.41) is 0. The van der Waals surface area contributed by atoms with Crippen LogP contribution in [0.15, 0.2) is 11.0 Å². The Kier molecular flexibility index (Phi) is 3.15. The molecule has 0 bridgehead atoms. The normalized spacial score (nSPS) is 16.3. The summed E-state index contributed by atoms with van der Waals surface area (Å²) in [6, 6.07) is 2.01. The van der Waals surface area contributed by atoms with E-state index in [0.29, 0.717) is 16.1 Å². The number of anilines is 1. The molecule has 1 aliphatic carbocycles. The highest BCUT2D eigenvalue weighted by molar-refractivity contribution is 7.89. The molecule has 0 heterocycles. The first-order valence-electron chi connectivity index (χ1n) is 6.11. The monoisotopic (exact) mass is 268 g/mol. The van der Waals surface area contributed by atoms with Gasteiger partial charge >= 0.3 is 0 Å². The SMILES string of the molecule is Cc1cc(C)c(S(=O)(=O)N(C)C2CC2)c(C)c1N. The summed E-state index contributed by atoms with van der Waals surface area (Å²) in [6.45, 7) is 5.51. The second-order valence-corrected chi connectivity index (χ2v) is 7.06. The zero-order chi connectivity index (χ0) is 13.7. The predicted molar refractivity (Wildman–Crippen MR) is 73.0 cm³/mol. The molecular weight excluding hydrogens is 248 g/mol. The van der Waals surface area contributed by atoms with Gasteiger partial charge in [0.2, 0.25) is 10.0 Å². The van der Waals surface area contributed by atoms with Crippen LogP contribution < -0.4 is 5.73 Å². The van der Waals surface area contributed by atoms with Gasteiger partial charge in [0.1, 0.15) is 0 Å². The van der Waals surface area contributed by atoms with Crippen LogP contribution in [0.2, 0.25) is 0 Å². The van der Waals surface area contributed by atoms with Crippen molar-refractivity contribution in [2.75, 3.05) is 12.8 Å². The molecule has 2 N–H and O–H groups in total. The van der Waals surface area contributed by atoms with Gasteiger partial charge in [-0.05, 0) is 50.3 Å². The van der Waals surface area contributed by atoms with E-state index in [2.05, 4.69) is 0 Å². The summed E-state index contributed by atoms with van der Waals surface area (Å²) in [6.07, 6.45) is 1.91. The van der Waals surface area contributed by atoms with E-state index in [1.54, 1.807) is 14.0 Å². The molecule has 0 spiro atoms. The van der Waals surface area contributed by atoms with Crippen LogP contribution in [0.5, 0.6) is 0 Å². The summed E-state index contributed by atoms with van der Waals surface area (Å²) in [5.74, 6) is 0. The van der Waals surface area contributed by atoms with Crippen molar-refractivity contribution in [3.05, 3.63) is 22.8 Å². The molecule has 0 saturated heterocycles. The molecule has 0 atom stereocenters. The van der Waals surface area contributed by atoms with Gasteiger partial charge in [-0.2, -0.15) is 4.31 Å². The van der Waals surface area contributed by atoms with E-state index < -0.39 is 10.0 Å². The average molecular weight is 268 g/mol.